The molecule has 2 aromatic rings. The molecule has 2 fully saturated rings. The van der Waals surface area contributed by atoms with Crippen molar-refractivity contribution in [2.24, 2.45) is 11.1 Å². The van der Waals surface area contributed by atoms with E-state index in [1.165, 1.54) is 0 Å². The highest BCUT2D eigenvalue weighted by Crippen LogP contribution is 2.40. The normalized spacial score (nSPS) is 21.1. The fourth-order valence-corrected chi connectivity index (χ4v) is 5.39. The Labute approximate surface area is 207 Å². The van der Waals surface area contributed by atoms with Crippen LogP contribution in [0, 0.1) is 16.7 Å². The van der Waals surface area contributed by atoms with E-state index in [4.69, 9.17) is 10.5 Å². The molecule has 0 aromatic heterocycles. The number of para-hydroxylation sites is 1. The number of nitriles is 1. The molecule has 1 unspecified atom stereocenters. The lowest BCUT2D eigenvalue weighted by molar-refractivity contribution is -0.138. The fourth-order valence-electron chi connectivity index (χ4n) is 5.39. The minimum absolute atomic E-state index is 0.115. The van der Waals surface area contributed by atoms with Gasteiger partial charge in [0.25, 0.3) is 0 Å². The molecular weight excluding hydrogens is 440 g/mol. The second kappa shape index (κ2) is 10.9. The maximum atomic E-state index is 13.6. The van der Waals surface area contributed by atoms with Gasteiger partial charge in [-0.05, 0) is 62.1 Å². The number of nitrogens with zero attached hydrogens (tertiary/aromatic N) is 2. The molecule has 2 aliphatic rings. The first-order valence-corrected chi connectivity index (χ1v) is 12.5. The summed E-state index contributed by atoms with van der Waals surface area (Å²) in [5.41, 5.74) is 5.16. The van der Waals surface area contributed by atoms with Gasteiger partial charge in [-0.1, -0.05) is 49.6 Å². The van der Waals surface area contributed by atoms with Crippen LogP contribution < -0.4 is 15.8 Å². The lowest BCUT2D eigenvalue weighted by Gasteiger charge is -2.38. The van der Waals surface area contributed by atoms with Crippen molar-refractivity contribution >= 4 is 11.8 Å². The van der Waals surface area contributed by atoms with Gasteiger partial charge in [-0.15, -0.1) is 0 Å². The smallest absolute Gasteiger partial charge is 0.224 e. The Morgan fingerprint density at radius 2 is 1.77 bits per heavy atom. The molecule has 4 rings (SSSR count). The van der Waals surface area contributed by atoms with Gasteiger partial charge in [-0.2, -0.15) is 5.26 Å². The molecule has 1 heterocycles. The van der Waals surface area contributed by atoms with Gasteiger partial charge in [0.1, 0.15) is 17.0 Å². The summed E-state index contributed by atoms with van der Waals surface area (Å²) in [5.74, 6) is 0.984. The lowest BCUT2D eigenvalue weighted by Crippen LogP contribution is -2.52. The predicted molar refractivity (Wildman–Crippen MR) is 133 cm³/mol. The third-order valence-corrected chi connectivity index (χ3v) is 7.53. The number of hydrogen-bond donors (Lipinski definition) is 2. The van der Waals surface area contributed by atoms with Crippen molar-refractivity contribution in [2.45, 2.75) is 63.5 Å². The third-order valence-electron chi connectivity index (χ3n) is 7.53. The van der Waals surface area contributed by atoms with Crippen LogP contribution in [-0.2, 0) is 16.1 Å². The largest absolute Gasteiger partial charge is 0.457 e. The van der Waals surface area contributed by atoms with Crippen LogP contribution in [0.1, 0.15) is 56.9 Å². The van der Waals surface area contributed by atoms with Crippen molar-refractivity contribution < 1.29 is 14.3 Å². The zero-order chi connectivity index (χ0) is 24.7. The Hall–Kier alpha value is -3.37. The maximum absolute atomic E-state index is 13.6. The average Bonchev–Trinajstić information content (AvgIpc) is 3.37. The molecule has 2 amide bonds. The van der Waals surface area contributed by atoms with E-state index in [0.717, 1.165) is 43.4 Å². The van der Waals surface area contributed by atoms with Gasteiger partial charge >= 0.3 is 0 Å². The van der Waals surface area contributed by atoms with Gasteiger partial charge in [0, 0.05) is 24.9 Å². The third kappa shape index (κ3) is 5.66. The molecule has 7 nitrogen and oxygen atoms in total. The minimum atomic E-state index is -0.917. The molecule has 0 spiro atoms. The van der Waals surface area contributed by atoms with Crippen molar-refractivity contribution in [3.63, 3.8) is 0 Å². The zero-order valence-electron chi connectivity index (χ0n) is 20.2. The number of amides is 2. The SMILES string of the molecule is N#CC1(N(Cc2cccc(Oc3ccccc3)c2)C(=O)CCC2(C(N)=O)CCCCC2)CCNC1. The van der Waals surface area contributed by atoms with Gasteiger partial charge in [0.15, 0.2) is 0 Å². The molecule has 3 N–H and O–H groups in total. The molecule has 1 saturated carbocycles. The number of primary amides is 1. The van der Waals surface area contributed by atoms with E-state index in [-0.39, 0.29) is 18.2 Å². The molecule has 1 atom stereocenters. The molecule has 7 heteroatoms. The summed E-state index contributed by atoms with van der Waals surface area (Å²) < 4.78 is 5.97. The average molecular weight is 475 g/mol. The Bertz CT molecular complexity index is 1070. The Morgan fingerprint density at radius 3 is 2.43 bits per heavy atom. The fraction of sp³-hybridized carbons (Fsp3) is 0.464. The number of hydrogen-bond acceptors (Lipinski definition) is 5. The minimum Gasteiger partial charge on any atom is -0.457 e. The van der Waals surface area contributed by atoms with Gasteiger partial charge in [0.05, 0.1) is 6.07 Å². The van der Waals surface area contributed by atoms with Gasteiger partial charge in [0.2, 0.25) is 11.8 Å². The molecule has 0 radical (unpaired) electrons. The van der Waals surface area contributed by atoms with Crippen LogP contribution in [0.25, 0.3) is 0 Å². The number of nitrogens with two attached hydrogens (primary N) is 1. The van der Waals surface area contributed by atoms with Crippen molar-refractivity contribution in [3.05, 3.63) is 60.2 Å². The molecule has 35 heavy (non-hydrogen) atoms. The van der Waals surface area contributed by atoms with Gasteiger partial charge in [-0.3, -0.25) is 9.59 Å². The van der Waals surface area contributed by atoms with Crippen LogP contribution in [0.5, 0.6) is 11.5 Å². The molecule has 1 saturated heterocycles. The summed E-state index contributed by atoms with van der Waals surface area (Å²) in [4.78, 5) is 27.7. The van der Waals surface area contributed by atoms with Crippen molar-refractivity contribution in [1.82, 2.24) is 10.2 Å². The number of carbonyl (C=O) groups is 2. The topological polar surface area (TPSA) is 108 Å². The summed E-state index contributed by atoms with van der Waals surface area (Å²) in [5, 5.41) is 13.4. The quantitative estimate of drug-likeness (QED) is 0.564. The summed E-state index contributed by atoms with van der Waals surface area (Å²) in [7, 11) is 0. The van der Waals surface area contributed by atoms with E-state index < -0.39 is 11.0 Å². The second-order valence-electron chi connectivity index (χ2n) is 9.82. The number of rotatable bonds is 9. The van der Waals surface area contributed by atoms with E-state index in [9.17, 15) is 14.9 Å². The maximum Gasteiger partial charge on any atom is 0.224 e. The van der Waals surface area contributed by atoms with E-state index in [1.807, 2.05) is 54.6 Å². The van der Waals surface area contributed by atoms with Gasteiger partial charge < -0.3 is 20.7 Å². The Morgan fingerprint density at radius 1 is 1.03 bits per heavy atom. The highest BCUT2D eigenvalue weighted by atomic mass is 16.5. The number of nitrogens with one attached hydrogen (secondary N) is 1. The van der Waals surface area contributed by atoms with Gasteiger partial charge in [-0.25, -0.2) is 0 Å². The Balaban J connectivity index is 1.54. The molecule has 1 aliphatic heterocycles. The molecular formula is C28H34N4O3. The first kappa shape index (κ1) is 24.7. The number of ether oxygens (including phenoxy) is 1. The van der Waals surface area contributed by atoms with Crippen LogP contribution >= 0.6 is 0 Å². The summed E-state index contributed by atoms with van der Waals surface area (Å²) in [6.07, 6.45) is 5.69. The highest BCUT2D eigenvalue weighted by Gasteiger charge is 2.44. The van der Waals surface area contributed by atoms with Crippen LogP contribution in [0.2, 0.25) is 0 Å². The first-order chi connectivity index (χ1) is 17.0. The predicted octanol–water partition coefficient (Wildman–Crippen LogP) is 4.28. The van der Waals surface area contributed by atoms with Crippen molar-refractivity contribution in [3.8, 4) is 17.6 Å². The van der Waals surface area contributed by atoms with Crippen LogP contribution in [0.3, 0.4) is 0 Å². The molecule has 184 valence electrons. The van der Waals surface area contributed by atoms with Crippen LogP contribution in [0.4, 0.5) is 0 Å². The zero-order valence-corrected chi connectivity index (χ0v) is 20.2. The number of benzene rings is 2. The van der Waals surface area contributed by atoms with Crippen molar-refractivity contribution in [1.29, 1.82) is 5.26 Å². The summed E-state index contributed by atoms with van der Waals surface area (Å²) in [6.45, 7) is 1.40. The summed E-state index contributed by atoms with van der Waals surface area (Å²) >= 11 is 0. The second-order valence-corrected chi connectivity index (χ2v) is 9.82. The standard InChI is InChI=1S/C28H34N4O3/c29-20-28(16-17-31-21-28)32(25(33)12-15-27(26(30)34)13-5-2-6-14-27)19-22-8-7-11-24(18-22)35-23-9-3-1-4-10-23/h1,3-4,7-11,18,31H,2,5-6,12-17,19,21H2,(H2,30,34). The molecule has 0 bridgehead atoms. The first-order valence-electron chi connectivity index (χ1n) is 12.5. The highest BCUT2D eigenvalue weighted by molar-refractivity contribution is 5.83. The van der Waals surface area contributed by atoms with Crippen LogP contribution in [-0.4, -0.2) is 35.3 Å². The summed E-state index contributed by atoms with van der Waals surface area (Å²) in [6, 6.07) is 19.6. The van der Waals surface area contributed by atoms with E-state index in [0.29, 0.717) is 38.2 Å². The van der Waals surface area contributed by atoms with E-state index >= 15 is 0 Å². The van der Waals surface area contributed by atoms with E-state index in [2.05, 4.69) is 11.4 Å². The Kier molecular flexibility index (Phi) is 7.72. The monoisotopic (exact) mass is 474 g/mol. The van der Waals surface area contributed by atoms with E-state index in [1.54, 1.807) is 4.90 Å². The molecule has 2 aromatic carbocycles. The number of carbonyl (C=O) groups excluding carboxylic acids is 2. The lowest BCUT2D eigenvalue weighted by atomic mass is 9.70. The van der Waals surface area contributed by atoms with Crippen molar-refractivity contribution in [2.75, 3.05) is 13.1 Å². The molecule has 1 aliphatic carbocycles. The van der Waals surface area contributed by atoms with Crippen LogP contribution in [0.15, 0.2) is 54.6 Å².